The van der Waals surface area contributed by atoms with Crippen LogP contribution in [0.15, 0.2) is 28.7 Å². The Morgan fingerprint density at radius 3 is 2.68 bits per heavy atom. The molecule has 0 aliphatic carbocycles. The van der Waals surface area contributed by atoms with Crippen LogP contribution < -0.4 is 5.32 Å². The molecule has 1 unspecified atom stereocenters. The Bertz CT molecular complexity index is 603. The van der Waals surface area contributed by atoms with E-state index in [1.54, 1.807) is 6.07 Å². The molecule has 1 saturated heterocycles. The van der Waals surface area contributed by atoms with Gasteiger partial charge >= 0.3 is 0 Å². The van der Waals surface area contributed by atoms with Gasteiger partial charge < -0.3 is 9.73 Å². The highest BCUT2D eigenvalue weighted by atomic mass is 19.1. The van der Waals surface area contributed by atoms with Gasteiger partial charge in [0.1, 0.15) is 17.2 Å². The van der Waals surface area contributed by atoms with Crippen molar-refractivity contribution in [1.82, 2.24) is 5.32 Å². The minimum Gasteiger partial charge on any atom is -0.459 e. The van der Waals surface area contributed by atoms with Gasteiger partial charge in [-0.2, -0.15) is 0 Å². The highest BCUT2D eigenvalue weighted by Crippen LogP contribution is 2.46. The third-order valence-electron chi connectivity index (χ3n) is 4.33. The molecule has 0 saturated carbocycles. The molecule has 2 aromatic rings. The third-order valence-corrected chi connectivity index (χ3v) is 4.33. The van der Waals surface area contributed by atoms with Gasteiger partial charge in [0.15, 0.2) is 0 Å². The predicted molar refractivity (Wildman–Crippen MR) is 74.5 cm³/mol. The Morgan fingerprint density at radius 1 is 1.26 bits per heavy atom. The van der Waals surface area contributed by atoms with Crippen molar-refractivity contribution in [3.05, 3.63) is 35.8 Å². The fourth-order valence-electron chi connectivity index (χ4n) is 3.19. The first kappa shape index (κ1) is 12.7. The molecular weight excluding hydrogens is 241 g/mol. The van der Waals surface area contributed by atoms with Gasteiger partial charge in [-0.15, -0.1) is 0 Å². The van der Waals surface area contributed by atoms with Crippen LogP contribution in [0.2, 0.25) is 0 Å². The van der Waals surface area contributed by atoms with E-state index in [0.717, 1.165) is 36.1 Å². The number of hydrogen-bond donors (Lipinski definition) is 1. The van der Waals surface area contributed by atoms with Crippen LogP contribution in [0.1, 0.15) is 39.4 Å². The van der Waals surface area contributed by atoms with Gasteiger partial charge in [0.05, 0.1) is 5.54 Å². The first-order chi connectivity index (χ1) is 8.92. The molecular formula is C16H20FNO. The number of fused-ring (bicyclic) bond motifs is 1. The Balaban J connectivity index is 2.16. The summed E-state index contributed by atoms with van der Waals surface area (Å²) in [7, 11) is 0. The van der Waals surface area contributed by atoms with Crippen LogP contribution in [0.25, 0.3) is 11.0 Å². The zero-order valence-electron chi connectivity index (χ0n) is 11.7. The molecule has 1 aliphatic heterocycles. The van der Waals surface area contributed by atoms with Crippen LogP contribution >= 0.6 is 0 Å². The van der Waals surface area contributed by atoms with Gasteiger partial charge in [-0.3, -0.25) is 0 Å². The smallest absolute Gasteiger partial charge is 0.134 e. The molecule has 0 bridgehead atoms. The average Bonchev–Trinajstić information content (AvgIpc) is 2.93. The second kappa shape index (κ2) is 4.07. The number of halogens is 1. The standard InChI is InChI=1S/C16H20FNO/c1-15(2,3)16(7-4-8-18-16)14-10-11-9-12(17)5-6-13(11)19-14/h5-6,9-10,18H,4,7-8H2,1-3H3. The van der Waals surface area contributed by atoms with Crippen molar-refractivity contribution in [2.75, 3.05) is 6.54 Å². The van der Waals surface area contributed by atoms with E-state index >= 15 is 0 Å². The van der Waals surface area contributed by atoms with E-state index in [4.69, 9.17) is 4.42 Å². The molecule has 1 aromatic heterocycles. The summed E-state index contributed by atoms with van der Waals surface area (Å²) in [5, 5.41) is 4.45. The minimum absolute atomic E-state index is 0.0515. The summed E-state index contributed by atoms with van der Waals surface area (Å²) in [6.07, 6.45) is 2.20. The summed E-state index contributed by atoms with van der Waals surface area (Å²) in [4.78, 5) is 0. The van der Waals surface area contributed by atoms with Crippen molar-refractivity contribution in [3.63, 3.8) is 0 Å². The first-order valence-corrected chi connectivity index (χ1v) is 6.87. The highest BCUT2D eigenvalue weighted by molar-refractivity contribution is 5.78. The third kappa shape index (κ3) is 1.88. The molecule has 0 amide bonds. The molecule has 1 atom stereocenters. The van der Waals surface area contributed by atoms with E-state index in [1.807, 2.05) is 6.07 Å². The zero-order chi connectivity index (χ0) is 13.7. The second-order valence-corrected chi connectivity index (χ2v) is 6.48. The Kier molecular flexibility index (Phi) is 2.72. The molecule has 102 valence electrons. The SMILES string of the molecule is CC(C)(C)C1(c2cc3cc(F)ccc3o2)CCCN1. The molecule has 2 heterocycles. The molecule has 1 aromatic carbocycles. The van der Waals surface area contributed by atoms with Crippen LogP contribution in [0, 0.1) is 11.2 Å². The fourth-order valence-corrected chi connectivity index (χ4v) is 3.19. The van der Waals surface area contributed by atoms with Crippen LogP contribution in [0.3, 0.4) is 0 Å². The van der Waals surface area contributed by atoms with Crippen LogP contribution in [-0.4, -0.2) is 6.54 Å². The Morgan fingerprint density at radius 2 is 2.05 bits per heavy atom. The molecule has 0 spiro atoms. The Labute approximate surface area is 113 Å². The van der Waals surface area contributed by atoms with Crippen molar-refractivity contribution >= 4 is 11.0 Å². The van der Waals surface area contributed by atoms with E-state index in [1.165, 1.54) is 12.1 Å². The molecule has 1 aliphatic rings. The number of benzene rings is 1. The van der Waals surface area contributed by atoms with Gasteiger partial charge in [-0.05, 0) is 49.1 Å². The van der Waals surface area contributed by atoms with E-state index in [9.17, 15) is 4.39 Å². The average molecular weight is 261 g/mol. The topological polar surface area (TPSA) is 25.2 Å². The predicted octanol–water partition coefficient (Wildman–Crippen LogP) is 4.20. The molecule has 3 heteroatoms. The van der Waals surface area contributed by atoms with Crippen molar-refractivity contribution in [3.8, 4) is 0 Å². The monoisotopic (exact) mass is 261 g/mol. The van der Waals surface area contributed by atoms with Crippen LogP contribution in [0.5, 0.6) is 0 Å². The summed E-state index contributed by atoms with van der Waals surface area (Å²) in [6, 6.07) is 6.68. The van der Waals surface area contributed by atoms with E-state index in [0.29, 0.717) is 0 Å². The molecule has 19 heavy (non-hydrogen) atoms. The molecule has 0 radical (unpaired) electrons. The zero-order valence-corrected chi connectivity index (χ0v) is 11.7. The van der Waals surface area contributed by atoms with Gasteiger partial charge in [-0.25, -0.2) is 4.39 Å². The number of nitrogens with one attached hydrogen (secondary N) is 1. The maximum Gasteiger partial charge on any atom is 0.134 e. The lowest BCUT2D eigenvalue weighted by Gasteiger charge is -2.40. The summed E-state index contributed by atoms with van der Waals surface area (Å²) in [6.45, 7) is 7.67. The lowest BCUT2D eigenvalue weighted by atomic mass is 9.71. The van der Waals surface area contributed by atoms with Gasteiger partial charge in [0.2, 0.25) is 0 Å². The van der Waals surface area contributed by atoms with Crippen LogP contribution in [0.4, 0.5) is 4.39 Å². The molecule has 3 rings (SSSR count). The van der Waals surface area contributed by atoms with Crippen LogP contribution in [-0.2, 0) is 5.54 Å². The van der Waals surface area contributed by atoms with Gasteiger partial charge in [0.25, 0.3) is 0 Å². The maximum atomic E-state index is 13.3. The number of hydrogen-bond acceptors (Lipinski definition) is 2. The van der Waals surface area contributed by atoms with E-state index in [2.05, 4.69) is 26.1 Å². The lowest BCUT2D eigenvalue weighted by Crippen LogP contribution is -2.47. The fraction of sp³-hybridized carbons (Fsp3) is 0.500. The largest absolute Gasteiger partial charge is 0.459 e. The van der Waals surface area contributed by atoms with E-state index < -0.39 is 0 Å². The summed E-state index contributed by atoms with van der Waals surface area (Å²) in [5.41, 5.74) is 0.659. The van der Waals surface area contributed by atoms with Crippen molar-refractivity contribution in [1.29, 1.82) is 0 Å². The molecule has 1 fully saturated rings. The summed E-state index contributed by atoms with van der Waals surface area (Å²) in [5.74, 6) is 0.710. The van der Waals surface area contributed by atoms with Crippen molar-refractivity contribution < 1.29 is 8.81 Å². The summed E-state index contributed by atoms with van der Waals surface area (Å²) >= 11 is 0. The van der Waals surface area contributed by atoms with Gasteiger partial charge in [-0.1, -0.05) is 20.8 Å². The normalized spacial score (nSPS) is 24.2. The number of furan rings is 1. The van der Waals surface area contributed by atoms with Gasteiger partial charge in [0, 0.05) is 5.39 Å². The highest BCUT2D eigenvalue weighted by Gasteiger charge is 2.47. The molecule has 2 nitrogen and oxygen atoms in total. The van der Waals surface area contributed by atoms with E-state index in [-0.39, 0.29) is 16.8 Å². The Hall–Kier alpha value is -1.35. The number of rotatable bonds is 1. The maximum absolute atomic E-state index is 13.3. The lowest BCUT2D eigenvalue weighted by molar-refractivity contribution is 0.133. The summed E-state index contributed by atoms with van der Waals surface area (Å²) < 4.78 is 19.3. The second-order valence-electron chi connectivity index (χ2n) is 6.48. The first-order valence-electron chi connectivity index (χ1n) is 6.87. The minimum atomic E-state index is -0.218. The quantitative estimate of drug-likeness (QED) is 0.832. The van der Waals surface area contributed by atoms with Crippen molar-refractivity contribution in [2.24, 2.45) is 5.41 Å². The van der Waals surface area contributed by atoms with Crippen molar-refractivity contribution in [2.45, 2.75) is 39.2 Å². The molecule has 1 N–H and O–H groups in total.